The van der Waals surface area contributed by atoms with Crippen molar-refractivity contribution in [3.05, 3.63) is 21.4 Å². The van der Waals surface area contributed by atoms with Crippen molar-refractivity contribution >= 4 is 17.3 Å². The summed E-state index contributed by atoms with van der Waals surface area (Å²) in [6.07, 6.45) is 2.88. The van der Waals surface area contributed by atoms with Crippen LogP contribution in [0.15, 0.2) is 6.07 Å². The van der Waals surface area contributed by atoms with E-state index in [2.05, 4.69) is 5.32 Å². The smallest absolute Gasteiger partial charge is 0.348 e. The van der Waals surface area contributed by atoms with Gasteiger partial charge in [0.2, 0.25) is 0 Å². The number of fused-ring (bicyclic) bond motifs is 2. The molecule has 4 nitrogen and oxygen atoms in total. The van der Waals surface area contributed by atoms with E-state index in [1.807, 2.05) is 13.0 Å². The Labute approximate surface area is 117 Å². The minimum Gasteiger partial charge on any atom is -0.462 e. The number of rotatable bonds is 2. The molecule has 1 spiro atoms. The number of hydrogen-bond donors (Lipinski definition) is 1. The maximum absolute atomic E-state index is 11.9. The lowest BCUT2D eigenvalue weighted by Gasteiger charge is -2.40. The lowest BCUT2D eigenvalue weighted by atomic mass is 9.83. The zero-order valence-electron chi connectivity index (χ0n) is 11.2. The van der Waals surface area contributed by atoms with Crippen LogP contribution in [0, 0.1) is 0 Å². The standard InChI is InChI=1S/C14H19NO3S/c1-2-17-13(16)12-9-10-11(19-12)3-8-18-14(10)4-6-15-7-5-14/h9,15H,2-8H2,1H3. The average molecular weight is 281 g/mol. The molecule has 19 heavy (non-hydrogen) atoms. The first-order valence-electron chi connectivity index (χ1n) is 6.90. The van der Waals surface area contributed by atoms with Crippen LogP contribution in [0.1, 0.15) is 39.9 Å². The van der Waals surface area contributed by atoms with E-state index in [1.54, 1.807) is 11.3 Å². The molecule has 0 aromatic carbocycles. The summed E-state index contributed by atoms with van der Waals surface area (Å²) in [7, 11) is 0. The van der Waals surface area contributed by atoms with Gasteiger partial charge >= 0.3 is 5.97 Å². The summed E-state index contributed by atoms with van der Waals surface area (Å²) in [6, 6.07) is 2.00. The Morgan fingerprint density at radius 3 is 3.05 bits per heavy atom. The molecule has 0 unspecified atom stereocenters. The van der Waals surface area contributed by atoms with E-state index in [0.717, 1.165) is 43.8 Å². The molecule has 2 aliphatic heterocycles. The zero-order chi connectivity index (χ0) is 13.3. The molecule has 0 bridgehead atoms. The summed E-state index contributed by atoms with van der Waals surface area (Å²) >= 11 is 1.58. The van der Waals surface area contributed by atoms with E-state index in [4.69, 9.17) is 9.47 Å². The number of hydrogen-bond acceptors (Lipinski definition) is 5. The van der Waals surface area contributed by atoms with E-state index < -0.39 is 0 Å². The van der Waals surface area contributed by atoms with Gasteiger partial charge in [-0.3, -0.25) is 0 Å². The summed E-state index contributed by atoms with van der Waals surface area (Å²) < 4.78 is 11.2. The van der Waals surface area contributed by atoms with Gasteiger partial charge in [0.1, 0.15) is 4.88 Å². The van der Waals surface area contributed by atoms with Crippen LogP contribution in [0.5, 0.6) is 0 Å². The fraction of sp³-hybridized carbons (Fsp3) is 0.643. The van der Waals surface area contributed by atoms with Crippen LogP contribution in [0.4, 0.5) is 0 Å². The summed E-state index contributed by atoms with van der Waals surface area (Å²) in [6.45, 7) is 4.97. The van der Waals surface area contributed by atoms with Crippen molar-refractivity contribution in [2.75, 3.05) is 26.3 Å². The van der Waals surface area contributed by atoms with Gasteiger partial charge in [-0.1, -0.05) is 0 Å². The van der Waals surface area contributed by atoms with E-state index in [9.17, 15) is 4.79 Å². The molecule has 1 aromatic rings. The third kappa shape index (κ3) is 2.30. The van der Waals surface area contributed by atoms with E-state index >= 15 is 0 Å². The second-order valence-corrected chi connectivity index (χ2v) is 6.15. The molecule has 0 saturated carbocycles. The van der Waals surface area contributed by atoms with Gasteiger partial charge in [0.25, 0.3) is 0 Å². The Balaban J connectivity index is 1.93. The summed E-state index contributed by atoms with van der Waals surface area (Å²) in [5.41, 5.74) is 1.06. The van der Waals surface area contributed by atoms with Crippen LogP contribution in [-0.4, -0.2) is 32.3 Å². The van der Waals surface area contributed by atoms with Crippen LogP contribution in [0.3, 0.4) is 0 Å². The van der Waals surface area contributed by atoms with Gasteiger partial charge in [0.15, 0.2) is 0 Å². The monoisotopic (exact) mass is 281 g/mol. The van der Waals surface area contributed by atoms with Crippen molar-refractivity contribution in [1.29, 1.82) is 0 Å². The maximum atomic E-state index is 11.9. The number of carbonyl (C=O) groups is 1. The fourth-order valence-electron chi connectivity index (χ4n) is 2.96. The Morgan fingerprint density at radius 2 is 2.32 bits per heavy atom. The third-order valence-corrected chi connectivity index (χ3v) is 5.07. The van der Waals surface area contributed by atoms with Crippen LogP contribution >= 0.6 is 11.3 Å². The van der Waals surface area contributed by atoms with Gasteiger partial charge in [0, 0.05) is 11.3 Å². The van der Waals surface area contributed by atoms with E-state index in [0.29, 0.717) is 6.61 Å². The molecular weight excluding hydrogens is 262 g/mol. The highest BCUT2D eigenvalue weighted by Crippen LogP contribution is 2.43. The largest absolute Gasteiger partial charge is 0.462 e. The molecule has 1 aromatic heterocycles. The molecule has 0 aliphatic carbocycles. The van der Waals surface area contributed by atoms with Crippen molar-refractivity contribution in [2.45, 2.75) is 31.8 Å². The normalized spacial score (nSPS) is 21.1. The molecule has 3 heterocycles. The summed E-state index contributed by atoms with van der Waals surface area (Å²) in [4.78, 5) is 13.9. The number of nitrogens with one attached hydrogen (secondary N) is 1. The molecule has 1 saturated heterocycles. The lowest BCUT2D eigenvalue weighted by Crippen LogP contribution is -2.44. The topological polar surface area (TPSA) is 47.6 Å². The van der Waals surface area contributed by atoms with Crippen molar-refractivity contribution in [1.82, 2.24) is 5.32 Å². The molecular formula is C14H19NO3S. The van der Waals surface area contributed by atoms with E-state index in [1.165, 1.54) is 10.4 Å². The molecule has 104 valence electrons. The molecule has 1 N–H and O–H groups in total. The van der Waals surface area contributed by atoms with Gasteiger partial charge < -0.3 is 14.8 Å². The average Bonchev–Trinajstić information content (AvgIpc) is 2.86. The predicted molar refractivity (Wildman–Crippen MR) is 73.7 cm³/mol. The first kappa shape index (κ1) is 13.1. The quantitative estimate of drug-likeness (QED) is 0.843. The molecule has 0 amide bonds. The Kier molecular flexibility index (Phi) is 3.60. The molecule has 0 radical (unpaired) electrons. The first-order valence-corrected chi connectivity index (χ1v) is 7.72. The molecule has 5 heteroatoms. The highest BCUT2D eigenvalue weighted by atomic mass is 32.1. The van der Waals surface area contributed by atoms with Gasteiger partial charge in [-0.15, -0.1) is 11.3 Å². The molecule has 3 rings (SSSR count). The molecule has 1 fully saturated rings. The minimum absolute atomic E-state index is 0.167. The zero-order valence-corrected chi connectivity index (χ0v) is 12.0. The van der Waals surface area contributed by atoms with Gasteiger partial charge in [-0.2, -0.15) is 0 Å². The fourth-order valence-corrected chi connectivity index (χ4v) is 4.09. The van der Waals surface area contributed by atoms with Gasteiger partial charge in [-0.05, 0) is 44.5 Å². The summed E-state index contributed by atoms with van der Waals surface area (Å²) in [5, 5.41) is 3.37. The van der Waals surface area contributed by atoms with Crippen molar-refractivity contribution in [2.24, 2.45) is 0 Å². The second kappa shape index (κ2) is 5.23. The SMILES string of the molecule is CCOC(=O)c1cc2c(s1)CCOC21CCNCC1. The Bertz CT molecular complexity index is 477. The minimum atomic E-state index is -0.203. The van der Waals surface area contributed by atoms with Crippen molar-refractivity contribution in [3.8, 4) is 0 Å². The Hall–Kier alpha value is -0.910. The van der Waals surface area contributed by atoms with Gasteiger partial charge in [0.05, 0.1) is 18.8 Å². The van der Waals surface area contributed by atoms with Crippen LogP contribution in [-0.2, 0) is 21.5 Å². The van der Waals surface area contributed by atoms with E-state index in [-0.39, 0.29) is 11.6 Å². The summed E-state index contributed by atoms with van der Waals surface area (Å²) in [5.74, 6) is -0.203. The lowest BCUT2D eigenvalue weighted by molar-refractivity contribution is -0.0792. The molecule has 0 atom stereocenters. The number of thiophene rings is 1. The van der Waals surface area contributed by atoms with Gasteiger partial charge in [-0.25, -0.2) is 4.79 Å². The maximum Gasteiger partial charge on any atom is 0.348 e. The number of carbonyl (C=O) groups excluding carboxylic acids is 1. The van der Waals surface area contributed by atoms with Crippen LogP contribution < -0.4 is 5.32 Å². The van der Waals surface area contributed by atoms with Crippen LogP contribution in [0.25, 0.3) is 0 Å². The number of ether oxygens (including phenoxy) is 2. The highest BCUT2D eigenvalue weighted by Gasteiger charge is 2.40. The van der Waals surface area contributed by atoms with Crippen molar-refractivity contribution in [3.63, 3.8) is 0 Å². The number of esters is 1. The first-order chi connectivity index (χ1) is 9.25. The number of piperidine rings is 1. The Morgan fingerprint density at radius 1 is 1.53 bits per heavy atom. The second-order valence-electron chi connectivity index (χ2n) is 5.01. The molecule has 2 aliphatic rings. The third-order valence-electron chi connectivity index (χ3n) is 3.90. The highest BCUT2D eigenvalue weighted by molar-refractivity contribution is 7.14. The van der Waals surface area contributed by atoms with Crippen LogP contribution in [0.2, 0.25) is 0 Å². The predicted octanol–water partition coefficient (Wildman–Crippen LogP) is 2.08. The van der Waals surface area contributed by atoms with Crippen molar-refractivity contribution < 1.29 is 14.3 Å².